The van der Waals surface area contributed by atoms with Gasteiger partial charge in [-0.1, -0.05) is 53.6 Å². The molecule has 3 aromatic rings. The maximum Gasteiger partial charge on any atom is 0.409 e. The van der Waals surface area contributed by atoms with E-state index >= 15 is 0 Å². The molecule has 6 bridgehead atoms. The van der Waals surface area contributed by atoms with Gasteiger partial charge in [-0.15, -0.1) is 0 Å². The Morgan fingerprint density at radius 2 is 1.49 bits per heavy atom. The molecule has 0 spiro atoms. The van der Waals surface area contributed by atoms with Gasteiger partial charge in [-0.2, -0.15) is 0 Å². The van der Waals surface area contributed by atoms with Crippen LogP contribution in [0.2, 0.25) is 5.02 Å². The average molecular weight is 1310 g/mol. The maximum atomic E-state index is 14.6. The molecule has 4 N–H and O–H groups in total. The molecule has 2 aromatic carbocycles. The molecule has 2 saturated heterocycles. The highest BCUT2D eigenvalue weighted by Gasteiger charge is 2.63. The van der Waals surface area contributed by atoms with Crippen molar-refractivity contribution < 1.29 is 81.4 Å². The zero-order valence-electron chi connectivity index (χ0n) is 55.3. The molecule has 0 unspecified atom stereocenters. The van der Waals surface area contributed by atoms with Crippen molar-refractivity contribution in [3.8, 4) is 5.75 Å². The topological polar surface area (TPSA) is 291 Å². The van der Waals surface area contributed by atoms with E-state index in [1.807, 2.05) is 56.4 Å². The summed E-state index contributed by atoms with van der Waals surface area (Å²) in [6.45, 7) is 6.26. The molecule has 1 aromatic heterocycles. The number of hydrazine groups is 1. The number of para-hydroxylation sites is 1. The van der Waals surface area contributed by atoms with Gasteiger partial charge in [0.2, 0.25) is 35.4 Å². The predicted molar refractivity (Wildman–Crippen MR) is 341 cm³/mol. The number of likely N-dealkylation sites (N-methyl/N-ethyl adjacent to an activating group) is 1. The number of anilines is 1. The van der Waals surface area contributed by atoms with E-state index < -0.39 is 109 Å². The SMILES string of the molecule is CNN(C)Cc1cc2ccccc2n1CCC(=O)NCC(=O)N(CCOC)CC(=O)N(CCOC)CC(=O)N(CCOC)CCC(=O)N(C)[C@@H](C)C(=O)O[C@H]1CC(=O)N(C)c2cc(cc(OC)c2Cl)C/C(C)=C/C=C/[C@@H](OC)[C@@]2(O)C[C@H](OC(=O)N2)[C@@]2(C)C[C@@]1(C)O2. The summed E-state index contributed by atoms with van der Waals surface area (Å²) in [6, 6.07) is 12.2. The lowest BCUT2D eigenvalue weighted by Gasteiger charge is -2.59. The number of nitrogens with one attached hydrogen (secondary N) is 3. The molecule has 508 valence electrons. The molecule has 28 heteroatoms. The van der Waals surface area contributed by atoms with Gasteiger partial charge < -0.3 is 77.4 Å². The second-order valence-corrected chi connectivity index (χ2v) is 24.2. The van der Waals surface area contributed by atoms with Crippen LogP contribution in [0.5, 0.6) is 5.75 Å². The van der Waals surface area contributed by atoms with Gasteiger partial charge >= 0.3 is 12.1 Å². The lowest BCUT2D eigenvalue weighted by atomic mass is 9.72. The zero-order chi connectivity index (χ0) is 67.7. The number of amides is 7. The van der Waals surface area contributed by atoms with Gasteiger partial charge in [0.25, 0.3) is 0 Å². The first-order valence-electron chi connectivity index (χ1n) is 30.6. The number of hydrogen-bond donors (Lipinski definition) is 4. The fourth-order valence-electron chi connectivity index (χ4n) is 11.6. The van der Waals surface area contributed by atoms with Crippen molar-refractivity contribution in [2.45, 2.75) is 121 Å². The number of ether oxygens (including phenoxy) is 8. The predicted octanol–water partition coefficient (Wildman–Crippen LogP) is 3.20. The van der Waals surface area contributed by atoms with E-state index in [0.717, 1.165) is 32.6 Å². The Hall–Kier alpha value is -7.21. The summed E-state index contributed by atoms with van der Waals surface area (Å²) in [6.07, 6.45) is 0.431. The van der Waals surface area contributed by atoms with Crippen LogP contribution >= 0.6 is 11.6 Å². The summed E-state index contributed by atoms with van der Waals surface area (Å²) in [4.78, 5) is 118. The van der Waals surface area contributed by atoms with E-state index in [2.05, 4.69) is 26.7 Å². The van der Waals surface area contributed by atoms with Gasteiger partial charge in [-0.25, -0.2) is 14.6 Å². The molecule has 4 aliphatic rings. The van der Waals surface area contributed by atoms with Crippen LogP contribution in [-0.2, 0) is 86.2 Å². The first kappa shape index (κ1) is 73.8. The number of nitrogens with zero attached hydrogens (tertiary/aromatic N) is 7. The highest BCUT2D eigenvalue weighted by atomic mass is 35.5. The van der Waals surface area contributed by atoms with E-state index in [1.54, 1.807) is 38.1 Å². The lowest BCUT2D eigenvalue weighted by molar-refractivity contribution is -0.328. The fourth-order valence-corrected chi connectivity index (χ4v) is 11.9. The Bertz CT molecular complexity index is 3150. The van der Waals surface area contributed by atoms with E-state index in [9.17, 15) is 43.5 Å². The number of methoxy groups -OCH3 is 5. The summed E-state index contributed by atoms with van der Waals surface area (Å²) < 4.78 is 47.9. The average Bonchev–Trinajstić information content (AvgIpc) is 0.844. The molecule has 2 fully saturated rings. The largest absolute Gasteiger partial charge is 0.495 e. The standard InChI is InChI=1S/C64H93ClN10O17/c1-42-17-16-20-50(89-13)64(84)36-52(91-61(83)68-64)63(4)41-62(3,92-63)51(35-55(78)71(8)48-32-44(31-42)33-49(88-12)59(48)65)90-60(82)43(2)70(7)54(77)22-23-72(25-28-85-9)57(80)39-74(27-30-87-11)58(81)40-73(26-29-86-10)56(79)37-67-53(76)21-24-75-46(38-69(6)66-5)34-45-18-14-15-19-47(45)75/h14-20,32-34,43,50-52,66,84H,21-31,35-41H2,1-13H3,(H,67,76)(H,68,83)/b20-16+,42-17+/t43-,50+,51-,52-,62+,63+,64-/m0/s1. The Balaban J connectivity index is 1.13. The van der Waals surface area contributed by atoms with E-state index in [4.69, 9.17) is 49.5 Å². The summed E-state index contributed by atoms with van der Waals surface area (Å²) in [5.41, 5.74) is 2.36. The maximum absolute atomic E-state index is 14.6. The molecular formula is C64H93ClN10O17. The second kappa shape index (κ2) is 33.6. The summed E-state index contributed by atoms with van der Waals surface area (Å²) in [7, 11) is 13.8. The van der Waals surface area contributed by atoms with Crippen LogP contribution in [0, 0.1) is 0 Å². The number of carbonyl (C=O) groups is 8. The number of fused-ring (bicyclic) bond motifs is 7. The minimum Gasteiger partial charge on any atom is -0.495 e. The van der Waals surface area contributed by atoms with E-state index in [-0.39, 0.29) is 82.6 Å². The van der Waals surface area contributed by atoms with Crippen LogP contribution in [0.3, 0.4) is 0 Å². The number of aromatic nitrogens is 1. The molecule has 27 nitrogen and oxygen atoms in total. The number of rotatable bonds is 29. The van der Waals surface area contributed by atoms with Crippen LogP contribution in [0.15, 0.2) is 66.3 Å². The van der Waals surface area contributed by atoms with Crippen LogP contribution in [-0.4, -0.2) is 252 Å². The molecule has 7 rings (SSSR count). The van der Waals surface area contributed by atoms with Crippen molar-refractivity contribution in [3.63, 3.8) is 0 Å². The molecule has 4 aliphatic heterocycles. The number of allylic oxidation sites excluding steroid dienone is 3. The molecule has 0 aliphatic carbocycles. The Labute approximate surface area is 543 Å². The van der Waals surface area contributed by atoms with Crippen molar-refractivity contribution in [2.24, 2.45) is 0 Å². The number of alkyl carbamates (subject to hydrolysis) is 1. The van der Waals surface area contributed by atoms with Crippen LogP contribution in [0.1, 0.15) is 71.1 Å². The number of hydrogen-bond acceptors (Lipinski definition) is 19. The third-order valence-corrected chi connectivity index (χ3v) is 17.5. The summed E-state index contributed by atoms with van der Waals surface area (Å²) in [5, 5.41) is 20.3. The minimum absolute atomic E-state index is 0.000688. The van der Waals surface area contributed by atoms with E-state index in [0.29, 0.717) is 30.9 Å². The zero-order valence-corrected chi connectivity index (χ0v) is 56.1. The van der Waals surface area contributed by atoms with Gasteiger partial charge in [-0.3, -0.25) is 39.5 Å². The van der Waals surface area contributed by atoms with E-state index in [1.165, 1.54) is 76.2 Å². The van der Waals surface area contributed by atoms with Gasteiger partial charge in [0.05, 0.1) is 65.2 Å². The highest BCUT2D eigenvalue weighted by Crippen LogP contribution is 2.50. The first-order valence-corrected chi connectivity index (χ1v) is 30.9. The number of benzene rings is 2. The molecule has 5 heterocycles. The number of halogens is 1. The molecule has 92 heavy (non-hydrogen) atoms. The third kappa shape index (κ3) is 19.0. The number of carbonyl (C=O) groups excluding carboxylic acids is 8. The molecule has 0 radical (unpaired) electrons. The smallest absolute Gasteiger partial charge is 0.409 e. The van der Waals surface area contributed by atoms with Crippen molar-refractivity contribution in [1.82, 2.24) is 45.2 Å². The first-order chi connectivity index (χ1) is 43.7. The van der Waals surface area contributed by atoms with Crippen LogP contribution in [0.4, 0.5) is 10.5 Å². The molecule has 7 atom stereocenters. The highest BCUT2D eigenvalue weighted by molar-refractivity contribution is 6.35. The minimum atomic E-state index is -1.95. The normalized spacial score (nSPS) is 22.8. The van der Waals surface area contributed by atoms with Gasteiger partial charge in [0.1, 0.15) is 46.3 Å². The van der Waals surface area contributed by atoms with Crippen molar-refractivity contribution >= 4 is 75.7 Å². The monoisotopic (exact) mass is 1310 g/mol. The Morgan fingerprint density at radius 1 is 0.859 bits per heavy atom. The molecular weight excluding hydrogens is 1220 g/mol. The summed E-state index contributed by atoms with van der Waals surface area (Å²) >= 11 is 6.87. The van der Waals surface area contributed by atoms with Crippen molar-refractivity contribution in [2.75, 3.05) is 134 Å². The second-order valence-electron chi connectivity index (χ2n) is 23.9. The van der Waals surface area contributed by atoms with Gasteiger partial charge in [0.15, 0.2) is 5.72 Å². The number of aliphatic hydroxyl groups is 1. The fraction of sp³-hybridized carbons (Fsp3) is 0.594. The molecule has 7 amide bonds. The molecule has 0 saturated carbocycles. The van der Waals surface area contributed by atoms with Crippen LogP contribution in [0.25, 0.3) is 10.9 Å². The Morgan fingerprint density at radius 3 is 2.12 bits per heavy atom. The van der Waals surface area contributed by atoms with Crippen molar-refractivity contribution in [3.05, 3.63) is 82.5 Å². The van der Waals surface area contributed by atoms with Crippen molar-refractivity contribution in [1.29, 1.82) is 0 Å². The third-order valence-electron chi connectivity index (χ3n) is 17.1. The van der Waals surface area contributed by atoms with Crippen LogP contribution < -0.4 is 25.7 Å². The summed E-state index contributed by atoms with van der Waals surface area (Å²) in [5.74, 6) is -3.76. The quantitative estimate of drug-likeness (QED) is 0.0573. The van der Waals surface area contributed by atoms with Gasteiger partial charge in [0, 0.05) is 119 Å². The van der Waals surface area contributed by atoms with Gasteiger partial charge in [-0.05, 0) is 76.4 Å². The Kier molecular flexibility index (Phi) is 26.9. The lowest BCUT2D eigenvalue weighted by Crippen LogP contribution is -2.72. The number of aryl methyl sites for hydroxylation is 1. The number of esters is 1.